The maximum atomic E-state index is 4.84. The summed E-state index contributed by atoms with van der Waals surface area (Å²) in [7, 11) is 0. The molecule has 0 saturated heterocycles. The number of para-hydroxylation sites is 1. The van der Waals surface area contributed by atoms with Gasteiger partial charge in [-0.05, 0) is 50.8 Å². The van der Waals surface area contributed by atoms with Crippen molar-refractivity contribution in [2.75, 3.05) is 0 Å². The first-order valence-corrected chi connectivity index (χ1v) is 8.56. The summed E-state index contributed by atoms with van der Waals surface area (Å²) in [4.78, 5) is 4.84. The van der Waals surface area contributed by atoms with Crippen LogP contribution in [0.1, 0.15) is 72.1 Å². The summed E-state index contributed by atoms with van der Waals surface area (Å²) in [6.07, 6.45) is 12.3. The molecule has 0 atom stereocenters. The lowest BCUT2D eigenvalue weighted by molar-refractivity contribution is 0.713. The molecule has 0 unspecified atom stereocenters. The molecular formula is C20H31N. The highest BCUT2D eigenvalue weighted by atomic mass is 14.7. The van der Waals surface area contributed by atoms with Crippen LogP contribution in [-0.4, -0.2) is 5.71 Å². The lowest BCUT2D eigenvalue weighted by atomic mass is 10.0. The summed E-state index contributed by atoms with van der Waals surface area (Å²) in [5, 5.41) is 0. The SMILES string of the molecule is CCCCCC(C)=CC(CCCCC)=Nc1ccccc1. The maximum absolute atomic E-state index is 4.84. The van der Waals surface area contributed by atoms with E-state index < -0.39 is 0 Å². The van der Waals surface area contributed by atoms with Gasteiger partial charge in [0.1, 0.15) is 0 Å². The van der Waals surface area contributed by atoms with Crippen molar-refractivity contribution >= 4 is 11.4 Å². The summed E-state index contributed by atoms with van der Waals surface area (Å²) in [5.74, 6) is 0. The average Bonchev–Trinajstić information content (AvgIpc) is 2.48. The van der Waals surface area contributed by atoms with Crippen molar-refractivity contribution in [2.24, 2.45) is 4.99 Å². The quantitative estimate of drug-likeness (QED) is 0.328. The van der Waals surface area contributed by atoms with Crippen LogP contribution in [-0.2, 0) is 0 Å². The van der Waals surface area contributed by atoms with E-state index in [9.17, 15) is 0 Å². The molecule has 0 aliphatic carbocycles. The Hall–Kier alpha value is -1.37. The Balaban J connectivity index is 2.72. The van der Waals surface area contributed by atoms with Gasteiger partial charge in [0.25, 0.3) is 0 Å². The van der Waals surface area contributed by atoms with Crippen LogP contribution in [0.15, 0.2) is 47.0 Å². The topological polar surface area (TPSA) is 12.4 Å². The molecule has 0 N–H and O–H groups in total. The van der Waals surface area contributed by atoms with Gasteiger partial charge in [0, 0.05) is 5.71 Å². The zero-order valence-corrected chi connectivity index (χ0v) is 14.1. The van der Waals surface area contributed by atoms with Gasteiger partial charge >= 0.3 is 0 Å². The fourth-order valence-electron chi connectivity index (χ4n) is 2.40. The summed E-state index contributed by atoms with van der Waals surface area (Å²) < 4.78 is 0. The molecule has 0 amide bonds. The van der Waals surface area contributed by atoms with Gasteiger partial charge in [0.2, 0.25) is 0 Å². The van der Waals surface area contributed by atoms with Crippen LogP contribution in [0.25, 0.3) is 0 Å². The lowest BCUT2D eigenvalue weighted by Gasteiger charge is -2.05. The van der Waals surface area contributed by atoms with Crippen molar-refractivity contribution in [3.63, 3.8) is 0 Å². The third-order valence-electron chi connectivity index (χ3n) is 3.65. The minimum atomic E-state index is 1.07. The van der Waals surface area contributed by atoms with Crippen LogP contribution < -0.4 is 0 Å². The monoisotopic (exact) mass is 285 g/mol. The molecule has 1 rings (SSSR count). The first kappa shape index (κ1) is 17.7. The Morgan fingerprint density at radius 1 is 0.905 bits per heavy atom. The van der Waals surface area contributed by atoms with Gasteiger partial charge < -0.3 is 0 Å². The van der Waals surface area contributed by atoms with Crippen LogP contribution in [0.5, 0.6) is 0 Å². The molecule has 21 heavy (non-hydrogen) atoms. The average molecular weight is 285 g/mol. The summed E-state index contributed by atoms with van der Waals surface area (Å²) in [6.45, 7) is 6.75. The minimum Gasteiger partial charge on any atom is -0.253 e. The molecule has 0 aliphatic rings. The van der Waals surface area contributed by atoms with Crippen molar-refractivity contribution < 1.29 is 0 Å². The Bertz CT molecular complexity index is 428. The Labute approximate surface area is 131 Å². The van der Waals surface area contributed by atoms with Crippen molar-refractivity contribution in [3.05, 3.63) is 42.0 Å². The molecule has 0 heterocycles. The number of allylic oxidation sites excluding steroid dienone is 2. The summed E-state index contributed by atoms with van der Waals surface area (Å²) >= 11 is 0. The smallest absolute Gasteiger partial charge is 0.0632 e. The van der Waals surface area contributed by atoms with Crippen molar-refractivity contribution in [1.82, 2.24) is 0 Å². The molecule has 1 aromatic rings. The maximum Gasteiger partial charge on any atom is 0.0632 e. The first-order chi connectivity index (χ1) is 10.3. The van der Waals surface area contributed by atoms with Crippen LogP contribution in [0.4, 0.5) is 5.69 Å². The number of aliphatic imine (C=N–C) groups is 1. The molecule has 0 aliphatic heterocycles. The molecule has 0 fully saturated rings. The van der Waals surface area contributed by atoms with Crippen LogP contribution in [0.2, 0.25) is 0 Å². The molecule has 1 heteroatoms. The first-order valence-electron chi connectivity index (χ1n) is 8.56. The number of hydrogen-bond donors (Lipinski definition) is 0. The zero-order chi connectivity index (χ0) is 15.3. The molecule has 116 valence electrons. The number of rotatable bonds is 10. The van der Waals surface area contributed by atoms with Crippen LogP contribution in [0, 0.1) is 0 Å². The van der Waals surface area contributed by atoms with Gasteiger partial charge in [-0.15, -0.1) is 0 Å². The standard InChI is InChI=1S/C20H31N/c1-4-6-9-13-18(3)17-20(16-10-7-5-2)21-19-14-11-8-12-15-19/h8,11-12,14-15,17H,4-7,9-10,13,16H2,1-3H3. The van der Waals surface area contributed by atoms with Gasteiger partial charge in [-0.25, -0.2) is 0 Å². The van der Waals surface area contributed by atoms with E-state index in [1.807, 2.05) is 6.07 Å². The van der Waals surface area contributed by atoms with Crippen LogP contribution >= 0.6 is 0 Å². The van der Waals surface area contributed by atoms with Gasteiger partial charge in [0.15, 0.2) is 0 Å². The Kier molecular flexibility index (Phi) is 9.52. The van der Waals surface area contributed by atoms with Crippen molar-refractivity contribution in [3.8, 4) is 0 Å². The van der Waals surface area contributed by atoms with Gasteiger partial charge in [-0.2, -0.15) is 0 Å². The number of hydrogen-bond acceptors (Lipinski definition) is 1. The van der Waals surface area contributed by atoms with E-state index in [0.29, 0.717) is 0 Å². The summed E-state index contributed by atoms with van der Waals surface area (Å²) in [6, 6.07) is 10.3. The Morgan fingerprint density at radius 3 is 2.14 bits per heavy atom. The highest BCUT2D eigenvalue weighted by molar-refractivity contribution is 5.97. The Morgan fingerprint density at radius 2 is 1.52 bits per heavy atom. The zero-order valence-electron chi connectivity index (χ0n) is 14.1. The fraction of sp³-hybridized carbons (Fsp3) is 0.550. The lowest BCUT2D eigenvalue weighted by Crippen LogP contribution is -1.96. The molecule has 0 radical (unpaired) electrons. The largest absolute Gasteiger partial charge is 0.253 e. The van der Waals surface area contributed by atoms with E-state index in [0.717, 1.165) is 12.1 Å². The van der Waals surface area contributed by atoms with Crippen molar-refractivity contribution in [1.29, 1.82) is 0 Å². The van der Waals surface area contributed by atoms with Crippen LogP contribution in [0.3, 0.4) is 0 Å². The number of nitrogens with zero attached hydrogens (tertiary/aromatic N) is 1. The predicted octanol–water partition coefficient (Wildman–Crippen LogP) is 6.87. The van der Waals surface area contributed by atoms with E-state index in [2.05, 4.69) is 51.1 Å². The van der Waals surface area contributed by atoms with E-state index in [-0.39, 0.29) is 0 Å². The second-order valence-corrected chi connectivity index (χ2v) is 5.84. The van der Waals surface area contributed by atoms with Crippen molar-refractivity contribution in [2.45, 2.75) is 72.1 Å². The van der Waals surface area contributed by atoms with Gasteiger partial charge in [0.05, 0.1) is 5.69 Å². The third kappa shape index (κ3) is 8.49. The molecule has 0 saturated carbocycles. The van der Waals surface area contributed by atoms with E-state index in [1.54, 1.807) is 0 Å². The van der Waals surface area contributed by atoms with Gasteiger partial charge in [-0.3, -0.25) is 4.99 Å². The van der Waals surface area contributed by atoms with E-state index in [1.165, 1.54) is 56.2 Å². The fourth-order valence-corrected chi connectivity index (χ4v) is 2.40. The molecule has 1 nitrogen and oxygen atoms in total. The molecule has 1 aromatic carbocycles. The third-order valence-corrected chi connectivity index (χ3v) is 3.65. The van der Waals surface area contributed by atoms with Gasteiger partial charge in [-0.1, -0.05) is 63.3 Å². The molecule has 0 bridgehead atoms. The second kappa shape index (κ2) is 11.3. The highest BCUT2D eigenvalue weighted by Crippen LogP contribution is 2.15. The molecule has 0 aromatic heterocycles. The normalized spacial score (nSPS) is 12.7. The van der Waals surface area contributed by atoms with E-state index in [4.69, 9.17) is 4.99 Å². The highest BCUT2D eigenvalue weighted by Gasteiger charge is 1.99. The molecular weight excluding hydrogens is 254 g/mol. The predicted molar refractivity (Wildman–Crippen MR) is 95.6 cm³/mol. The number of unbranched alkanes of at least 4 members (excludes halogenated alkanes) is 4. The second-order valence-electron chi connectivity index (χ2n) is 5.84. The minimum absolute atomic E-state index is 1.07. The summed E-state index contributed by atoms with van der Waals surface area (Å²) in [5.41, 5.74) is 3.78. The number of benzene rings is 1. The van der Waals surface area contributed by atoms with E-state index >= 15 is 0 Å². The molecule has 0 spiro atoms.